The van der Waals surface area contributed by atoms with Gasteiger partial charge >= 0.3 is 0 Å². The number of amides is 3. The fourth-order valence-electron chi connectivity index (χ4n) is 3.59. The third kappa shape index (κ3) is 4.74. The first-order valence-corrected chi connectivity index (χ1v) is 10.7. The van der Waals surface area contributed by atoms with Crippen LogP contribution in [-0.4, -0.2) is 44.0 Å². The van der Waals surface area contributed by atoms with E-state index in [-0.39, 0.29) is 42.7 Å². The number of ether oxygens (including phenoxy) is 1. The van der Waals surface area contributed by atoms with E-state index >= 15 is 0 Å². The molecule has 1 aliphatic heterocycles. The first-order valence-electron chi connectivity index (χ1n) is 10.7. The molecule has 0 spiro atoms. The van der Waals surface area contributed by atoms with Crippen LogP contribution >= 0.6 is 0 Å². The number of nitrogens with zero attached hydrogens (tertiary/aromatic N) is 3. The Morgan fingerprint density at radius 3 is 2.57 bits per heavy atom. The first kappa shape index (κ1) is 21.9. The Hall–Kier alpha value is -4.93. The zero-order valence-corrected chi connectivity index (χ0v) is 18.3. The quantitative estimate of drug-likeness (QED) is 0.333. The molecule has 0 fully saturated rings. The van der Waals surface area contributed by atoms with Crippen LogP contribution in [0, 0.1) is 0 Å². The Balaban J connectivity index is 1.31. The molecule has 2 aromatic heterocycles. The van der Waals surface area contributed by atoms with Gasteiger partial charge in [-0.3, -0.25) is 14.4 Å². The lowest BCUT2D eigenvalue weighted by molar-refractivity contribution is -0.118. The van der Waals surface area contributed by atoms with Gasteiger partial charge in [0, 0.05) is 25.2 Å². The number of phenolic OH excluding ortho intramolecular Hbond substituents is 1. The average molecular weight is 472 g/mol. The molecule has 0 atom stereocenters. The number of phenols is 1. The molecule has 0 saturated carbocycles. The van der Waals surface area contributed by atoms with Crippen LogP contribution in [-0.2, 0) is 17.9 Å². The van der Waals surface area contributed by atoms with Crippen LogP contribution in [0.3, 0.4) is 0 Å². The van der Waals surface area contributed by atoms with E-state index in [1.807, 2.05) is 0 Å². The molecular formula is C24H20N6O5. The minimum atomic E-state index is -0.473. The van der Waals surface area contributed by atoms with Crippen LogP contribution in [0.1, 0.15) is 32.1 Å². The van der Waals surface area contributed by atoms with Gasteiger partial charge in [0.25, 0.3) is 17.7 Å². The van der Waals surface area contributed by atoms with Gasteiger partial charge in [-0.1, -0.05) is 18.2 Å². The van der Waals surface area contributed by atoms with Gasteiger partial charge in [-0.2, -0.15) is 5.10 Å². The van der Waals surface area contributed by atoms with Crippen molar-refractivity contribution < 1.29 is 24.2 Å². The topological polar surface area (TPSA) is 147 Å². The molecule has 0 aliphatic carbocycles. The standard InChI is InChI=1S/C24H20N6O5/c31-16-4-1-14(2-5-16)11-26-24(34)19-10-18(28-21-7-8-27-30(19)21)23(33)25-12-15-3-6-20-17(9-15)29-22(32)13-35-20/h1-10,31H,11-13H2,(H,25,33)(H,26,34)(H,29,32). The Bertz CT molecular complexity index is 1450. The fraction of sp³-hybridized carbons (Fsp3) is 0.125. The summed E-state index contributed by atoms with van der Waals surface area (Å²) in [6, 6.07) is 14.7. The summed E-state index contributed by atoms with van der Waals surface area (Å²) in [4.78, 5) is 41.6. The minimum absolute atomic E-state index is 0.0311. The maximum absolute atomic E-state index is 12.9. The predicted octanol–water partition coefficient (Wildman–Crippen LogP) is 1.63. The monoisotopic (exact) mass is 472 g/mol. The van der Waals surface area contributed by atoms with Crippen molar-refractivity contribution >= 4 is 29.1 Å². The predicted molar refractivity (Wildman–Crippen MR) is 124 cm³/mol. The number of hydrogen-bond donors (Lipinski definition) is 4. The van der Waals surface area contributed by atoms with Crippen LogP contribution in [0.5, 0.6) is 11.5 Å². The lowest BCUT2D eigenvalue weighted by atomic mass is 10.1. The summed E-state index contributed by atoms with van der Waals surface area (Å²) in [5, 5.41) is 21.8. The van der Waals surface area contributed by atoms with Gasteiger partial charge in [0.2, 0.25) is 0 Å². The van der Waals surface area contributed by atoms with Crippen molar-refractivity contribution in [2.75, 3.05) is 11.9 Å². The highest BCUT2D eigenvalue weighted by Crippen LogP contribution is 2.28. The van der Waals surface area contributed by atoms with Gasteiger partial charge in [-0.25, -0.2) is 9.50 Å². The maximum atomic E-state index is 12.9. The number of carbonyl (C=O) groups excluding carboxylic acids is 3. The molecule has 2 aromatic carbocycles. The molecule has 0 saturated heterocycles. The summed E-state index contributed by atoms with van der Waals surface area (Å²) in [6.45, 7) is 0.372. The third-order valence-electron chi connectivity index (χ3n) is 5.34. The number of anilines is 1. The molecule has 4 aromatic rings. The van der Waals surface area contributed by atoms with Crippen molar-refractivity contribution in [2.45, 2.75) is 13.1 Å². The molecule has 11 heteroatoms. The van der Waals surface area contributed by atoms with Crippen molar-refractivity contribution in [3.05, 3.63) is 83.3 Å². The Labute approximate surface area is 198 Å². The zero-order chi connectivity index (χ0) is 24.4. The number of aromatic hydroxyl groups is 1. The lowest BCUT2D eigenvalue weighted by Crippen LogP contribution is -2.28. The number of rotatable bonds is 6. The van der Waals surface area contributed by atoms with E-state index in [2.05, 4.69) is 26.0 Å². The maximum Gasteiger partial charge on any atom is 0.270 e. The van der Waals surface area contributed by atoms with Gasteiger partial charge in [0.1, 0.15) is 22.9 Å². The summed E-state index contributed by atoms with van der Waals surface area (Å²) >= 11 is 0. The molecule has 3 heterocycles. The van der Waals surface area contributed by atoms with Gasteiger partial charge < -0.3 is 25.8 Å². The summed E-state index contributed by atoms with van der Waals surface area (Å²) in [5.41, 5.74) is 2.65. The van der Waals surface area contributed by atoms with Crippen molar-refractivity contribution in [2.24, 2.45) is 0 Å². The van der Waals surface area contributed by atoms with Crippen molar-refractivity contribution in [3.63, 3.8) is 0 Å². The average Bonchev–Trinajstić information content (AvgIpc) is 3.34. The zero-order valence-electron chi connectivity index (χ0n) is 18.3. The van der Waals surface area contributed by atoms with E-state index < -0.39 is 11.8 Å². The van der Waals surface area contributed by atoms with Gasteiger partial charge in [-0.05, 0) is 35.4 Å². The highest BCUT2D eigenvalue weighted by molar-refractivity contribution is 5.98. The molecule has 35 heavy (non-hydrogen) atoms. The number of benzene rings is 2. The van der Waals surface area contributed by atoms with Crippen LogP contribution in [0.15, 0.2) is 60.8 Å². The first-order chi connectivity index (χ1) is 17.0. The van der Waals surface area contributed by atoms with Crippen LogP contribution in [0.25, 0.3) is 5.65 Å². The molecule has 11 nitrogen and oxygen atoms in total. The second kappa shape index (κ2) is 9.14. The fourth-order valence-corrected chi connectivity index (χ4v) is 3.59. The summed E-state index contributed by atoms with van der Waals surface area (Å²) < 4.78 is 6.70. The van der Waals surface area contributed by atoms with E-state index in [1.165, 1.54) is 28.9 Å². The van der Waals surface area contributed by atoms with E-state index in [0.29, 0.717) is 17.1 Å². The summed E-state index contributed by atoms with van der Waals surface area (Å²) in [7, 11) is 0. The number of hydrogen-bond acceptors (Lipinski definition) is 7. The Kier molecular flexibility index (Phi) is 5.71. The lowest BCUT2D eigenvalue weighted by Gasteiger charge is -2.18. The van der Waals surface area contributed by atoms with Gasteiger partial charge in [-0.15, -0.1) is 0 Å². The SMILES string of the molecule is O=C1COc2ccc(CNC(=O)c3cc(C(=O)NCc4ccc(O)cc4)n4nccc4n3)cc2N1. The van der Waals surface area contributed by atoms with Crippen LogP contribution < -0.4 is 20.7 Å². The van der Waals surface area contributed by atoms with Crippen LogP contribution in [0.4, 0.5) is 5.69 Å². The molecular weight excluding hydrogens is 452 g/mol. The number of fused-ring (bicyclic) bond motifs is 2. The number of carbonyl (C=O) groups is 3. The van der Waals surface area contributed by atoms with E-state index in [1.54, 1.807) is 36.4 Å². The molecule has 3 amide bonds. The molecule has 176 valence electrons. The number of aromatic nitrogens is 3. The summed E-state index contributed by atoms with van der Waals surface area (Å²) in [6.07, 6.45) is 1.49. The summed E-state index contributed by atoms with van der Waals surface area (Å²) in [5.74, 6) is -0.451. The Morgan fingerprint density at radius 1 is 1.00 bits per heavy atom. The molecule has 0 bridgehead atoms. The molecule has 0 radical (unpaired) electrons. The molecule has 4 N–H and O–H groups in total. The van der Waals surface area contributed by atoms with E-state index in [4.69, 9.17) is 4.74 Å². The van der Waals surface area contributed by atoms with E-state index in [0.717, 1.165) is 11.1 Å². The second-order valence-corrected chi connectivity index (χ2v) is 7.83. The Morgan fingerprint density at radius 2 is 1.74 bits per heavy atom. The highest BCUT2D eigenvalue weighted by atomic mass is 16.5. The highest BCUT2D eigenvalue weighted by Gasteiger charge is 2.19. The third-order valence-corrected chi connectivity index (χ3v) is 5.34. The molecule has 5 rings (SSSR count). The van der Waals surface area contributed by atoms with Crippen molar-refractivity contribution in [1.82, 2.24) is 25.2 Å². The molecule has 1 aliphatic rings. The largest absolute Gasteiger partial charge is 0.508 e. The van der Waals surface area contributed by atoms with Crippen LogP contribution in [0.2, 0.25) is 0 Å². The van der Waals surface area contributed by atoms with E-state index in [9.17, 15) is 19.5 Å². The van der Waals surface area contributed by atoms with Crippen molar-refractivity contribution in [1.29, 1.82) is 0 Å². The minimum Gasteiger partial charge on any atom is -0.508 e. The van der Waals surface area contributed by atoms with Gasteiger partial charge in [0.05, 0.1) is 11.9 Å². The smallest absolute Gasteiger partial charge is 0.270 e. The number of nitrogens with one attached hydrogen (secondary N) is 3. The normalized spacial score (nSPS) is 12.4. The second-order valence-electron chi connectivity index (χ2n) is 7.83. The van der Waals surface area contributed by atoms with Gasteiger partial charge in [0.15, 0.2) is 12.3 Å². The molecule has 0 unspecified atom stereocenters. The van der Waals surface area contributed by atoms with Crippen molar-refractivity contribution in [3.8, 4) is 11.5 Å².